The topological polar surface area (TPSA) is 65.8 Å². The van der Waals surface area contributed by atoms with Crippen LogP contribution in [0.2, 0.25) is 0 Å². The zero-order chi connectivity index (χ0) is 15.0. The molecular formula is C14H21N5O2. The Morgan fingerprint density at radius 1 is 1.29 bits per heavy atom. The third-order valence-corrected chi connectivity index (χ3v) is 4.46. The van der Waals surface area contributed by atoms with Gasteiger partial charge in [0.1, 0.15) is 0 Å². The third kappa shape index (κ3) is 2.71. The Morgan fingerprint density at radius 3 is 2.52 bits per heavy atom. The van der Waals surface area contributed by atoms with Gasteiger partial charge in [0.15, 0.2) is 0 Å². The van der Waals surface area contributed by atoms with E-state index < -0.39 is 0 Å². The number of pyridine rings is 1. The van der Waals surface area contributed by atoms with E-state index in [1.54, 1.807) is 19.2 Å². The molecule has 0 unspecified atom stereocenters. The monoisotopic (exact) mass is 291 g/mol. The fourth-order valence-electron chi connectivity index (χ4n) is 3.19. The number of hydrogen-bond acceptors (Lipinski definition) is 6. The predicted molar refractivity (Wildman–Crippen MR) is 80.7 cm³/mol. The summed E-state index contributed by atoms with van der Waals surface area (Å²) in [5.41, 5.74) is 0.822. The summed E-state index contributed by atoms with van der Waals surface area (Å²) in [5.74, 6) is 0.519. The molecule has 7 heteroatoms. The Bertz CT molecular complexity index is 536. The van der Waals surface area contributed by atoms with Crippen LogP contribution < -0.4 is 4.90 Å². The van der Waals surface area contributed by atoms with E-state index in [-0.39, 0.29) is 10.6 Å². The molecule has 0 bridgehead atoms. The molecule has 0 saturated carbocycles. The van der Waals surface area contributed by atoms with Crippen LogP contribution in [0.5, 0.6) is 0 Å². The molecule has 0 atom stereocenters. The van der Waals surface area contributed by atoms with Gasteiger partial charge in [-0.25, -0.2) is 4.98 Å². The zero-order valence-corrected chi connectivity index (χ0v) is 12.5. The number of rotatable bonds is 3. The summed E-state index contributed by atoms with van der Waals surface area (Å²) in [5, 5.41) is 11.3. The minimum Gasteiger partial charge on any atom is -0.348 e. The Morgan fingerprint density at radius 2 is 1.95 bits per heavy atom. The highest BCUT2D eigenvalue weighted by molar-refractivity contribution is 5.61. The van der Waals surface area contributed by atoms with Crippen molar-refractivity contribution in [3.8, 4) is 0 Å². The standard InChI is InChI=1S/C14H21N5O2/c1-11-3-4-15-14(13(11)19(20)21)18-7-5-17(6-8-18)12-9-16(2)10-12/h3-4,12H,5-10H2,1-2H3. The van der Waals surface area contributed by atoms with Crippen LogP contribution in [0.4, 0.5) is 11.5 Å². The van der Waals surface area contributed by atoms with Gasteiger partial charge in [-0.05, 0) is 20.0 Å². The number of nitrogens with zero attached hydrogens (tertiary/aromatic N) is 5. The smallest absolute Gasteiger partial charge is 0.314 e. The predicted octanol–water partition coefficient (Wildman–Crippen LogP) is 0.734. The van der Waals surface area contributed by atoms with E-state index >= 15 is 0 Å². The lowest BCUT2D eigenvalue weighted by Crippen LogP contribution is -2.62. The molecule has 0 aliphatic carbocycles. The van der Waals surface area contributed by atoms with Crippen LogP contribution in [-0.4, -0.2) is 72.1 Å². The van der Waals surface area contributed by atoms with Gasteiger partial charge in [0, 0.05) is 57.1 Å². The van der Waals surface area contributed by atoms with Crippen molar-refractivity contribution in [2.45, 2.75) is 13.0 Å². The molecule has 3 heterocycles. The molecule has 0 spiro atoms. The first-order valence-electron chi connectivity index (χ1n) is 7.34. The van der Waals surface area contributed by atoms with E-state index in [2.05, 4.69) is 21.8 Å². The van der Waals surface area contributed by atoms with Crippen molar-refractivity contribution in [2.24, 2.45) is 0 Å². The lowest BCUT2D eigenvalue weighted by molar-refractivity contribution is -0.384. The van der Waals surface area contributed by atoms with Crippen molar-refractivity contribution in [1.82, 2.24) is 14.8 Å². The number of anilines is 1. The van der Waals surface area contributed by atoms with Gasteiger partial charge in [-0.3, -0.25) is 15.0 Å². The summed E-state index contributed by atoms with van der Waals surface area (Å²) in [6.07, 6.45) is 1.66. The van der Waals surface area contributed by atoms with Crippen molar-refractivity contribution >= 4 is 11.5 Å². The van der Waals surface area contributed by atoms with Crippen LogP contribution in [0.25, 0.3) is 0 Å². The van der Waals surface area contributed by atoms with E-state index in [0.29, 0.717) is 17.4 Å². The highest BCUT2D eigenvalue weighted by Crippen LogP contribution is 2.30. The lowest BCUT2D eigenvalue weighted by atomic mass is 10.1. The van der Waals surface area contributed by atoms with Gasteiger partial charge >= 0.3 is 5.69 Å². The van der Waals surface area contributed by atoms with Crippen molar-refractivity contribution in [3.63, 3.8) is 0 Å². The fraction of sp³-hybridized carbons (Fsp3) is 0.643. The van der Waals surface area contributed by atoms with E-state index in [0.717, 1.165) is 39.3 Å². The summed E-state index contributed by atoms with van der Waals surface area (Å²) < 4.78 is 0. The maximum Gasteiger partial charge on any atom is 0.314 e. The minimum atomic E-state index is -0.315. The minimum absolute atomic E-state index is 0.148. The molecule has 2 aliphatic rings. The Labute approximate surface area is 124 Å². The van der Waals surface area contributed by atoms with Crippen LogP contribution in [0.3, 0.4) is 0 Å². The van der Waals surface area contributed by atoms with E-state index in [1.165, 1.54) is 0 Å². The van der Waals surface area contributed by atoms with Crippen LogP contribution >= 0.6 is 0 Å². The van der Waals surface area contributed by atoms with Gasteiger partial charge in [-0.2, -0.15) is 0 Å². The number of likely N-dealkylation sites (tertiary alicyclic amines) is 1. The average Bonchev–Trinajstić information content (AvgIpc) is 2.43. The highest BCUT2D eigenvalue weighted by Gasteiger charge is 2.33. The van der Waals surface area contributed by atoms with E-state index in [4.69, 9.17) is 0 Å². The second kappa shape index (κ2) is 5.57. The van der Waals surface area contributed by atoms with E-state index in [1.807, 2.05) is 4.90 Å². The molecule has 0 N–H and O–H groups in total. The molecule has 3 rings (SSSR count). The molecule has 0 amide bonds. The summed E-state index contributed by atoms with van der Waals surface area (Å²) in [6, 6.07) is 2.35. The summed E-state index contributed by atoms with van der Waals surface area (Å²) >= 11 is 0. The summed E-state index contributed by atoms with van der Waals surface area (Å²) in [4.78, 5) is 22.1. The zero-order valence-electron chi connectivity index (χ0n) is 12.5. The number of aryl methyl sites for hydroxylation is 1. The Hall–Kier alpha value is -1.73. The van der Waals surface area contributed by atoms with Gasteiger partial charge in [0.05, 0.1) is 4.92 Å². The van der Waals surface area contributed by atoms with Crippen molar-refractivity contribution in [1.29, 1.82) is 0 Å². The Kier molecular flexibility index (Phi) is 3.77. The highest BCUT2D eigenvalue weighted by atomic mass is 16.6. The van der Waals surface area contributed by atoms with Gasteiger partial charge in [0.2, 0.25) is 5.82 Å². The molecule has 1 aromatic rings. The molecule has 7 nitrogen and oxygen atoms in total. The number of aromatic nitrogens is 1. The summed E-state index contributed by atoms with van der Waals surface area (Å²) in [6.45, 7) is 7.53. The van der Waals surface area contributed by atoms with Crippen molar-refractivity contribution in [2.75, 3.05) is 51.2 Å². The molecular weight excluding hydrogens is 270 g/mol. The second-order valence-electron chi connectivity index (χ2n) is 5.96. The third-order valence-electron chi connectivity index (χ3n) is 4.46. The maximum absolute atomic E-state index is 11.3. The molecule has 2 fully saturated rings. The number of piperazine rings is 1. The quantitative estimate of drug-likeness (QED) is 0.604. The first kappa shape index (κ1) is 14.2. The average molecular weight is 291 g/mol. The molecule has 1 aromatic heterocycles. The van der Waals surface area contributed by atoms with Crippen molar-refractivity contribution < 1.29 is 4.92 Å². The number of likely N-dealkylation sites (N-methyl/N-ethyl adjacent to an activating group) is 1. The first-order valence-corrected chi connectivity index (χ1v) is 7.34. The molecule has 21 heavy (non-hydrogen) atoms. The molecule has 0 aromatic carbocycles. The summed E-state index contributed by atoms with van der Waals surface area (Å²) in [7, 11) is 2.13. The SMILES string of the molecule is Cc1ccnc(N2CCN(C3CN(C)C3)CC2)c1[N+](=O)[O-]. The van der Waals surface area contributed by atoms with Gasteiger partial charge in [-0.1, -0.05) is 0 Å². The van der Waals surface area contributed by atoms with Crippen LogP contribution in [0, 0.1) is 17.0 Å². The largest absolute Gasteiger partial charge is 0.348 e. The number of nitro groups is 1. The molecule has 2 aliphatic heterocycles. The molecule has 114 valence electrons. The number of hydrogen-bond donors (Lipinski definition) is 0. The Balaban J connectivity index is 1.70. The van der Waals surface area contributed by atoms with Gasteiger partial charge < -0.3 is 9.80 Å². The van der Waals surface area contributed by atoms with Crippen LogP contribution in [-0.2, 0) is 0 Å². The molecule has 0 radical (unpaired) electrons. The molecule has 2 saturated heterocycles. The normalized spacial score (nSPS) is 21.3. The van der Waals surface area contributed by atoms with Gasteiger partial charge in [0.25, 0.3) is 0 Å². The van der Waals surface area contributed by atoms with Crippen LogP contribution in [0.1, 0.15) is 5.56 Å². The second-order valence-corrected chi connectivity index (χ2v) is 5.96. The van der Waals surface area contributed by atoms with Crippen molar-refractivity contribution in [3.05, 3.63) is 27.9 Å². The maximum atomic E-state index is 11.3. The van der Waals surface area contributed by atoms with Crippen LogP contribution in [0.15, 0.2) is 12.3 Å². The van der Waals surface area contributed by atoms with Gasteiger partial charge in [-0.15, -0.1) is 0 Å². The van der Waals surface area contributed by atoms with E-state index in [9.17, 15) is 10.1 Å². The fourth-order valence-corrected chi connectivity index (χ4v) is 3.19. The lowest BCUT2D eigenvalue weighted by Gasteiger charge is -2.47. The first-order chi connectivity index (χ1) is 10.1.